The molecule has 0 aliphatic rings. The van der Waals surface area contributed by atoms with Crippen LogP contribution in [0.3, 0.4) is 0 Å². The highest BCUT2D eigenvalue weighted by molar-refractivity contribution is 5.84. The standard InChI is InChI=1S/C19H14FN3O/c1-24-16-8-9-17-18(11-16)23(15-6-4-14(20)5-7-15)19(22-17)13-3-2-10-21-12-13/h2-12H,1H3. The number of benzene rings is 2. The topological polar surface area (TPSA) is 39.9 Å². The molecule has 2 aromatic heterocycles. The lowest BCUT2D eigenvalue weighted by atomic mass is 10.2. The van der Waals surface area contributed by atoms with Crippen LogP contribution in [0.15, 0.2) is 67.0 Å². The molecule has 0 amide bonds. The van der Waals surface area contributed by atoms with Crippen molar-refractivity contribution in [3.8, 4) is 22.8 Å². The van der Waals surface area contributed by atoms with Crippen molar-refractivity contribution in [3.63, 3.8) is 0 Å². The Labute approximate surface area is 138 Å². The zero-order valence-electron chi connectivity index (χ0n) is 13.0. The molecule has 0 saturated heterocycles. The Hall–Kier alpha value is -3.21. The lowest BCUT2D eigenvalue weighted by Gasteiger charge is -2.10. The minimum absolute atomic E-state index is 0.274. The molecule has 118 valence electrons. The molecule has 0 fully saturated rings. The Morgan fingerprint density at radius 2 is 1.88 bits per heavy atom. The van der Waals surface area contributed by atoms with Gasteiger partial charge < -0.3 is 4.74 Å². The maximum absolute atomic E-state index is 13.3. The average Bonchev–Trinajstić information content (AvgIpc) is 3.01. The van der Waals surface area contributed by atoms with Gasteiger partial charge in [0.05, 0.1) is 18.1 Å². The van der Waals surface area contributed by atoms with E-state index in [1.807, 2.05) is 34.9 Å². The molecule has 0 N–H and O–H groups in total. The molecule has 0 saturated carbocycles. The minimum atomic E-state index is -0.274. The number of imidazole rings is 1. The summed E-state index contributed by atoms with van der Waals surface area (Å²) in [5.41, 5.74) is 3.43. The van der Waals surface area contributed by atoms with Gasteiger partial charge in [-0.05, 0) is 48.5 Å². The fourth-order valence-electron chi connectivity index (χ4n) is 2.72. The summed E-state index contributed by atoms with van der Waals surface area (Å²) < 4.78 is 20.6. The van der Waals surface area contributed by atoms with Gasteiger partial charge in [-0.3, -0.25) is 9.55 Å². The van der Waals surface area contributed by atoms with Crippen molar-refractivity contribution in [1.82, 2.24) is 14.5 Å². The second-order valence-electron chi connectivity index (χ2n) is 5.34. The van der Waals surface area contributed by atoms with Crippen LogP contribution in [0.25, 0.3) is 28.1 Å². The van der Waals surface area contributed by atoms with E-state index >= 15 is 0 Å². The van der Waals surface area contributed by atoms with Crippen LogP contribution in [-0.2, 0) is 0 Å². The van der Waals surface area contributed by atoms with Gasteiger partial charge in [0.1, 0.15) is 17.4 Å². The van der Waals surface area contributed by atoms with Crippen LogP contribution >= 0.6 is 0 Å². The number of nitrogens with zero attached hydrogens (tertiary/aromatic N) is 3. The van der Waals surface area contributed by atoms with E-state index in [-0.39, 0.29) is 5.82 Å². The second kappa shape index (κ2) is 5.77. The van der Waals surface area contributed by atoms with Crippen molar-refractivity contribution in [3.05, 3.63) is 72.8 Å². The third-order valence-corrected chi connectivity index (χ3v) is 3.87. The molecule has 0 spiro atoms. The molecule has 0 aliphatic carbocycles. The maximum atomic E-state index is 13.3. The molecular weight excluding hydrogens is 305 g/mol. The third-order valence-electron chi connectivity index (χ3n) is 3.87. The molecule has 2 heterocycles. The van der Waals surface area contributed by atoms with E-state index in [2.05, 4.69) is 4.98 Å². The van der Waals surface area contributed by atoms with E-state index in [0.717, 1.165) is 33.9 Å². The molecule has 0 bridgehead atoms. The summed E-state index contributed by atoms with van der Waals surface area (Å²) in [6.45, 7) is 0. The molecule has 2 aromatic carbocycles. The van der Waals surface area contributed by atoms with Crippen LogP contribution in [0.5, 0.6) is 5.75 Å². The summed E-state index contributed by atoms with van der Waals surface area (Å²) in [5, 5.41) is 0. The van der Waals surface area contributed by atoms with Crippen LogP contribution in [0.2, 0.25) is 0 Å². The van der Waals surface area contributed by atoms with Gasteiger partial charge in [-0.15, -0.1) is 0 Å². The van der Waals surface area contributed by atoms with Gasteiger partial charge in [0.15, 0.2) is 0 Å². The molecule has 4 nitrogen and oxygen atoms in total. The first-order chi connectivity index (χ1) is 11.8. The Morgan fingerprint density at radius 3 is 2.58 bits per heavy atom. The van der Waals surface area contributed by atoms with E-state index in [1.165, 1.54) is 12.1 Å². The quantitative estimate of drug-likeness (QED) is 0.567. The highest BCUT2D eigenvalue weighted by atomic mass is 19.1. The van der Waals surface area contributed by atoms with Crippen LogP contribution in [0.1, 0.15) is 0 Å². The number of aromatic nitrogens is 3. The summed E-state index contributed by atoms with van der Waals surface area (Å²) in [6.07, 6.45) is 3.48. The van der Waals surface area contributed by atoms with Gasteiger partial charge in [-0.2, -0.15) is 0 Å². The average molecular weight is 319 g/mol. The molecule has 0 atom stereocenters. The van der Waals surface area contributed by atoms with Gasteiger partial charge in [-0.25, -0.2) is 9.37 Å². The summed E-state index contributed by atoms with van der Waals surface area (Å²) in [5.74, 6) is 1.21. The molecule has 24 heavy (non-hydrogen) atoms. The zero-order chi connectivity index (χ0) is 16.5. The van der Waals surface area contributed by atoms with Crippen LogP contribution in [-0.4, -0.2) is 21.6 Å². The van der Waals surface area contributed by atoms with Crippen LogP contribution in [0, 0.1) is 5.82 Å². The SMILES string of the molecule is COc1ccc2nc(-c3cccnc3)n(-c3ccc(F)cc3)c2c1. The monoisotopic (exact) mass is 319 g/mol. The molecule has 0 unspecified atom stereocenters. The number of fused-ring (bicyclic) bond motifs is 1. The molecule has 4 rings (SSSR count). The van der Waals surface area contributed by atoms with Crippen LogP contribution < -0.4 is 4.74 Å². The number of ether oxygens (including phenoxy) is 1. The summed E-state index contributed by atoms with van der Waals surface area (Å²) in [4.78, 5) is 8.91. The second-order valence-corrected chi connectivity index (χ2v) is 5.34. The fraction of sp³-hybridized carbons (Fsp3) is 0.0526. The Balaban J connectivity index is 2.04. The van der Waals surface area contributed by atoms with E-state index in [4.69, 9.17) is 9.72 Å². The van der Waals surface area contributed by atoms with Gasteiger partial charge in [0.2, 0.25) is 0 Å². The number of methoxy groups -OCH3 is 1. The highest BCUT2D eigenvalue weighted by Gasteiger charge is 2.15. The van der Waals surface area contributed by atoms with Crippen molar-refractivity contribution in [2.45, 2.75) is 0 Å². The maximum Gasteiger partial charge on any atom is 0.147 e. The Bertz CT molecular complexity index is 994. The van der Waals surface area contributed by atoms with Crippen LogP contribution in [0.4, 0.5) is 4.39 Å². The molecule has 4 aromatic rings. The summed E-state index contributed by atoms with van der Waals surface area (Å²) in [7, 11) is 1.63. The van der Waals surface area contributed by atoms with Crippen molar-refractivity contribution in [1.29, 1.82) is 0 Å². The third kappa shape index (κ3) is 2.40. The predicted molar refractivity (Wildman–Crippen MR) is 90.8 cm³/mol. The van der Waals surface area contributed by atoms with Crippen molar-refractivity contribution >= 4 is 11.0 Å². The van der Waals surface area contributed by atoms with Crippen molar-refractivity contribution in [2.75, 3.05) is 7.11 Å². The molecule has 0 aliphatic heterocycles. The fourth-order valence-corrected chi connectivity index (χ4v) is 2.72. The normalized spacial score (nSPS) is 10.9. The number of hydrogen-bond donors (Lipinski definition) is 0. The molecule has 0 radical (unpaired) electrons. The number of hydrogen-bond acceptors (Lipinski definition) is 3. The lowest BCUT2D eigenvalue weighted by Crippen LogP contribution is -1.98. The smallest absolute Gasteiger partial charge is 0.147 e. The van der Waals surface area contributed by atoms with E-state index in [9.17, 15) is 4.39 Å². The lowest BCUT2D eigenvalue weighted by molar-refractivity contribution is 0.415. The first-order valence-corrected chi connectivity index (χ1v) is 7.49. The number of pyridine rings is 1. The Kier molecular flexibility index (Phi) is 3.46. The first kappa shape index (κ1) is 14.4. The number of halogens is 1. The number of rotatable bonds is 3. The summed E-state index contributed by atoms with van der Waals surface area (Å²) in [6, 6.07) is 15.9. The van der Waals surface area contributed by atoms with E-state index in [0.29, 0.717) is 0 Å². The predicted octanol–water partition coefficient (Wildman–Crippen LogP) is 4.24. The van der Waals surface area contributed by atoms with Gasteiger partial charge >= 0.3 is 0 Å². The highest BCUT2D eigenvalue weighted by Crippen LogP contribution is 2.30. The van der Waals surface area contributed by atoms with Gasteiger partial charge in [-0.1, -0.05) is 0 Å². The minimum Gasteiger partial charge on any atom is -0.497 e. The van der Waals surface area contributed by atoms with E-state index in [1.54, 1.807) is 31.6 Å². The largest absolute Gasteiger partial charge is 0.497 e. The first-order valence-electron chi connectivity index (χ1n) is 7.49. The van der Waals surface area contributed by atoms with Gasteiger partial charge in [0, 0.05) is 29.7 Å². The summed E-state index contributed by atoms with van der Waals surface area (Å²) >= 11 is 0. The van der Waals surface area contributed by atoms with Crippen molar-refractivity contribution in [2.24, 2.45) is 0 Å². The van der Waals surface area contributed by atoms with E-state index < -0.39 is 0 Å². The van der Waals surface area contributed by atoms with Gasteiger partial charge in [0.25, 0.3) is 0 Å². The molecule has 5 heteroatoms. The molecular formula is C19H14FN3O. The Morgan fingerprint density at radius 1 is 1.04 bits per heavy atom. The zero-order valence-corrected chi connectivity index (χ0v) is 13.0. The van der Waals surface area contributed by atoms with Crippen molar-refractivity contribution < 1.29 is 9.13 Å².